The van der Waals surface area contributed by atoms with Crippen molar-refractivity contribution in [3.05, 3.63) is 234 Å². The number of carbonyl (C=O) groups is 4. The number of alkyl halides is 3. The molecule has 0 radical (unpaired) electrons. The zero-order valence-corrected chi connectivity index (χ0v) is 78.8. The van der Waals surface area contributed by atoms with Crippen molar-refractivity contribution in [2.75, 3.05) is 54.8 Å². The Labute approximate surface area is 792 Å². The number of aromatic nitrogens is 4. The Morgan fingerprint density at radius 1 is 0.414 bits per heavy atom. The van der Waals surface area contributed by atoms with Gasteiger partial charge in [0.15, 0.2) is 49.8 Å². The molecule has 20 N–H and O–H groups in total. The summed E-state index contributed by atoms with van der Waals surface area (Å²) in [5.74, 6) is -5.74. The lowest BCUT2D eigenvalue weighted by Gasteiger charge is -2.24. The van der Waals surface area contributed by atoms with E-state index in [1.807, 2.05) is 6.92 Å². The number of aromatic hydroxyl groups is 4. The fraction of sp³-hybridized carbons (Fsp3) is 0.261. The highest BCUT2D eigenvalue weighted by atomic mass is 31.2. The third-order valence-electron chi connectivity index (χ3n) is 23.3. The number of rotatable bonds is 29. The van der Waals surface area contributed by atoms with Crippen molar-refractivity contribution in [3.8, 4) is 46.0 Å². The number of pyridine rings is 4. The minimum atomic E-state index is -4.52. The number of aryl methyl sites for hydroxylation is 3. The van der Waals surface area contributed by atoms with Gasteiger partial charge in [-0.3, -0.25) is 56.6 Å². The van der Waals surface area contributed by atoms with E-state index in [9.17, 15) is 110 Å². The van der Waals surface area contributed by atoms with Crippen LogP contribution in [-0.4, -0.2) is 151 Å². The van der Waals surface area contributed by atoms with Crippen LogP contribution in [0.4, 0.5) is 35.9 Å². The second kappa shape index (κ2) is 41.1. The summed E-state index contributed by atoms with van der Waals surface area (Å²) < 4.78 is 139. The van der Waals surface area contributed by atoms with Crippen LogP contribution in [-0.2, 0) is 68.4 Å². The van der Waals surface area contributed by atoms with E-state index in [0.717, 1.165) is 37.2 Å². The molecular weight excluding hydrogens is 1910 g/mol. The van der Waals surface area contributed by atoms with Gasteiger partial charge in [0.25, 0.3) is 45.9 Å². The van der Waals surface area contributed by atoms with Gasteiger partial charge < -0.3 is 126 Å². The average molecular weight is 2010 g/mol. The monoisotopic (exact) mass is 2000 g/mol. The number of ether oxygens (including phenoxy) is 5. The van der Waals surface area contributed by atoms with E-state index in [4.69, 9.17) is 46.6 Å². The van der Waals surface area contributed by atoms with E-state index in [0.29, 0.717) is 70.6 Å². The first-order valence-electron chi connectivity index (χ1n) is 43.3. The van der Waals surface area contributed by atoms with Gasteiger partial charge in [-0.15, -0.1) is 0 Å². The number of amides is 4. The smallest absolute Gasteiger partial charge is 0.391 e. The first kappa shape index (κ1) is 101. The number of anilines is 4. The Morgan fingerprint density at radius 2 is 0.671 bits per heavy atom. The van der Waals surface area contributed by atoms with Gasteiger partial charge in [0.2, 0.25) is 0 Å². The molecule has 140 heavy (non-hydrogen) atoms. The van der Waals surface area contributed by atoms with Crippen LogP contribution in [0.3, 0.4) is 0 Å². The predicted octanol–water partition coefficient (Wildman–Crippen LogP) is 8.88. The largest absolute Gasteiger partial charge is 0.506 e. The van der Waals surface area contributed by atoms with E-state index < -0.39 is 131 Å². The first-order valence-corrected chi connectivity index (χ1v) is 49.7. The van der Waals surface area contributed by atoms with Gasteiger partial charge in [-0.05, 0) is 172 Å². The Morgan fingerprint density at radius 3 is 0.929 bits per heavy atom. The lowest BCUT2D eigenvalue weighted by molar-refractivity contribution is -0.171. The van der Waals surface area contributed by atoms with Gasteiger partial charge in [-0.1, -0.05) is 75.7 Å². The third kappa shape index (κ3) is 22.0. The molecule has 4 aliphatic heterocycles. The van der Waals surface area contributed by atoms with Crippen molar-refractivity contribution in [2.24, 2.45) is 59.7 Å². The number of amidine groups is 4. The molecular formula is C92H95F3N16O25P4. The Balaban J connectivity index is 0.000000149. The highest BCUT2D eigenvalue weighted by Gasteiger charge is 2.41. The van der Waals surface area contributed by atoms with Crippen molar-refractivity contribution in [2.45, 2.75) is 105 Å². The van der Waals surface area contributed by atoms with Gasteiger partial charge >= 0.3 is 36.3 Å². The van der Waals surface area contributed by atoms with E-state index in [-0.39, 0.29) is 149 Å². The van der Waals surface area contributed by atoms with Crippen molar-refractivity contribution in [1.29, 1.82) is 0 Å². The summed E-state index contributed by atoms with van der Waals surface area (Å²) in [5.41, 5.74) is 19.4. The summed E-state index contributed by atoms with van der Waals surface area (Å²) in [5, 5.41) is 56.5. The summed E-state index contributed by atoms with van der Waals surface area (Å²) in [6.07, 6.45) is -0.695. The van der Waals surface area contributed by atoms with Crippen molar-refractivity contribution in [1.82, 2.24) is 18.3 Å². The molecule has 5 aliphatic rings. The normalized spacial score (nSPS) is 18.3. The van der Waals surface area contributed by atoms with Gasteiger partial charge in [0.05, 0.1) is 78.1 Å². The second-order valence-electron chi connectivity index (χ2n) is 33.3. The minimum Gasteiger partial charge on any atom is -0.506 e. The molecule has 7 atom stereocenters. The maximum absolute atomic E-state index is 13.6. The number of hydrogen-bond donors (Lipinski definition) is 16. The van der Waals surface area contributed by atoms with Crippen LogP contribution in [0.1, 0.15) is 88.5 Å². The second-order valence-corrected chi connectivity index (χ2v) is 40.3. The number of hydrogen-bond acceptors (Lipinski definition) is 25. The fourth-order valence-corrected chi connectivity index (χ4v) is 20.6. The number of nitrogens with two attached hydrogens (primary N) is 4. The molecule has 1 saturated carbocycles. The maximum atomic E-state index is 13.6. The van der Waals surface area contributed by atoms with Crippen LogP contribution >= 0.6 is 30.1 Å². The molecule has 7 unspecified atom stereocenters. The SMILES string of the molecule is CC(CCn1c(=O)c(C2=NP(=O)(O)c3cc(OCC(N)=O)ccc3N2)c(O)c2ccccc21)C(F)(F)F.CCC(C)CCn1c(=O)c(C2=NP(=O)(O)c3cc(OCC(N)=O)ccc3N2)c(O)c2ccccc21.COC(C)CCn1c(=O)c(C2=NP(=O)(O)c3cc(OCC(N)=O)ccc3N2)c(O)c2ccccc21.NC(=O)COc1ccc2c(c1)P(=O)(O)N=C(c1c(O)c3ccccc3n(CC3CC3)c1=O)N2. The molecule has 734 valence electrons. The number of nitrogens with one attached hydrogen (secondary N) is 4. The minimum absolute atomic E-state index is 0.0493. The highest BCUT2D eigenvalue weighted by Crippen LogP contribution is 2.53. The van der Waals surface area contributed by atoms with Crippen molar-refractivity contribution in [3.63, 3.8) is 0 Å². The summed E-state index contributed by atoms with van der Waals surface area (Å²) in [7, 11) is -16.0. The number of para-hydroxylation sites is 4. The zero-order chi connectivity index (χ0) is 101. The molecule has 8 heterocycles. The number of carbonyl (C=O) groups excluding carboxylic acids is 4. The summed E-state index contributed by atoms with van der Waals surface area (Å²) in [4.78, 5) is 141. The molecule has 12 aromatic rings. The molecule has 0 spiro atoms. The molecule has 17 rings (SSSR count). The lowest BCUT2D eigenvalue weighted by Crippen LogP contribution is -2.34. The van der Waals surface area contributed by atoms with Crippen molar-refractivity contribution >= 4 is 165 Å². The topological polar surface area (TPSA) is 634 Å². The van der Waals surface area contributed by atoms with Gasteiger partial charge in [-0.25, -0.2) is 0 Å². The quantitative estimate of drug-likeness (QED) is 0.0194. The van der Waals surface area contributed by atoms with Gasteiger partial charge in [0, 0.05) is 54.8 Å². The fourth-order valence-electron chi connectivity index (χ4n) is 15.5. The highest BCUT2D eigenvalue weighted by molar-refractivity contribution is 7.66. The first-order chi connectivity index (χ1) is 66.3. The number of fused-ring (bicyclic) bond motifs is 8. The Kier molecular flexibility index (Phi) is 29.7. The summed E-state index contributed by atoms with van der Waals surface area (Å²) >= 11 is 0. The zero-order valence-electron chi connectivity index (χ0n) is 75.2. The van der Waals surface area contributed by atoms with E-state index >= 15 is 0 Å². The molecule has 1 fully saturated rings. The summed E-state index contributed by atoms with van der Waals surface area (Å²) in [6.45, 7) is 6.30. The van der Waals surface area contributed by atoms with Crippen LogP contribution in [0.5, 0.6) is 46.0 Å². The molecule has 4 amide bonds. The van der Waals surface area contributed by atoms with Crippen LogP contribution < -0.4 is 107 Å². The van der Waals surface area contributed by atoms with Crippen LogP contribution in [0.15, 0.2) is 208 Å². The van der Waals surface area contributed by atoms with E-state index in [2.05, 4.69) is 54.2 Å². The molecule has 48 heteroatoms. The molecule has 8 aromatic carbocycles. The molecule has 1 aliphatic carbocycles. The van der Waals surface area contributed by atoms with Crippen LogP contribution in [0.2, 0.25) is 0 Å². The summed E-state index contributed by atoms with van der Waals surface area (Å²) in [6, 6.07) is 43.5. The number of benzene rings is 8. The average Bonchev–Trinajstić information content (AvgIpc) is 1.12. The van der Waals surface area contributed by atoms with E-state index in [1.165, 1.54) is 89.5 Å². The van der Waals surface area contributed by atoms with E-state index in [1.54, 1.807) is 101 Å². The number of methoxy groups -OCH3 is 1. The standard InChI is InChI=1S/C24H27N4O6P.C23H22F3N4O6P.C23H25N4O7P.C22H21N4O6P/c1-3-14(2)10-11-28-18-7-5-4-6-16(18)22(30)21(24(28)31)23-26-17-9-8-15(34-13-20(25)29)12-19(17)35(32,33)27-23;1-12(23(24,25)26)8-9-30-16-5-3-2-4-14(16)20(32)19(22(30)33)21-28-15-7-6-13(36-11-18(27)31)10-17(15)37(34,35)29-21;1-13(33-2)9-10-27-17-6-4-3-5-15(17)21(29)20(23(27)30)22-25-16-8-7-14(34-12-19(24)28)11-18(16)35(31,32)26-22;23-18(27)11-32-13-7-8-15-17(9-13)33(30,31)25-21(24-15)19-20(28)14-3-1-2-4-16(14)26(22(19)29)10-12-5-6-12/h4-9,12,14,30H,3,10-11,13H2,1-2H3,(H2,25,29)(H2,26,27,32,33);2-7,10,12,32H,8-9,11H2,1H3,(H2,27,31)(H2,28,29,34,35);3-8,11,13,29H,9-10,12H2,1-2H3,(H2,24,28)(H2,25,26,31,32);1-4,7-9,12,28H,5-6,10-11H2,(H2,23,27)(H2,24,25,30,31). The Hall–Kier alpha value is -14.7. The maximum Gasteiger partial charge on any atom is 0.391 e. The third-order valence-corrected chi connectivity index (χ3v) is 29.2. The molecule has 0 saturated heterocycles. The van der Waals surface area contributed by atoms with Crippen molar-refractivity contribution < 1.29 is 114 Å². The molecule has 0 bridgehead atoms. The predicted molar refractivity (Wildman–Crippen MR) is 520 cm³/mol. The van der Waals surface area contributed by atoms with Crippen LogP contribution in [0.25, 0.3) is 43.6 Å². The molecule has 41 nitrogen and oxygen atoms in total. The Bertz CT molecular complexity index is 7430. The molecule has 4 aromatic heterocycles. The lowest BCUT2D eigenvalue weighted by atomic mass is 10.0. The van der Waals surface area contributed by atoms with Crippen LogP contribution in [0, 0.1) is 17.8 Å². The van der Waals surface area contributed by atoms with Gasteiger partial charge in [-0.2, -0.15) is 32.2 Å². The van der Waals surface area contributed by atoms with Gasteiger partial charge in [0.1, 0.15) is 68.2 Å². The number of primary amides is 4. The number of nitrogens with zero attached hydrogens (tertiary/aromatic N) is 8. The number of halogens is 3.